The molecule has 1 aliphatic rings. The fourth-order valence-corrected chi connectivity index (χ4v) is 3.84. The van der Waals surface area contributed by atoms with E-state index in [0.29, 0.717) is 18.5 Å². The van der Waals surface area contributed by atoms with E-state index in [0.717, 1.165) is 6.07 Å². The van der Waals surface area contributed by atoms with Gasteiger partial charge in [0.15, 0.2) is 9.84 Å². The van der Waals surface area contributed by atoms with Gasteiger partial charge < -0.3 is 5.32 Å². The Balaban J connectivity index is 2.10. The average Bonchev–Trinajstić information content (AvgIpc) is 2.66. The van der Waals surface area contributed by atoms with Crippen molar-refractivity contribution in [3.8, 4) is 6.07 Å². The van der Waals surface area contributed by atoms with Crippen LogP contribution in [0.5, 0.6) is 0 Å². The summed E-state index contributed by atoms with van der Waals surface area (Å²) >= 11 is 0. The van der Waals surface area contributed by atoms with Crippen LogP contribution in [-0.4, -0.2) is 26.0 Å². The predicted molar refractivity (Wildman–Crippen MR) is 66.4 cm³/mol. The lowest BCUT2D eigenvalue weighted by molar-refractivity contribution is 0.591. The first-order chi connectivity index (χ1) is 8.53. The highest BCUT2D eigenvalue weighted by Crippen LogP contribution is 2.22. The highest BCUT2D eigenvalue weighted by molar-refractivity contribution is 7.92. The number of hydrogen-bond donors (Lipinski definition) is 1. The van der Waals surface area contributed by atoms with Gasteiger partial charge in [-0.3, -0.25) is 0 Å². The molecular weight excluding hydrogens is 255 g/mol. The molecule has 18 heavy (non-hydrogen) atoms. The largest absolute Gasteiger partial charge is 0.383 e. The zero-order chi connectivity index (χ0) is 13.2. The SMILES string of the molecule is N#Cc1cc(F)ccc1NCC1CCCS1(=O)=O. The zero-order valence-corrected chi connectivity index (χ0v) is 10.5. The van der Waals surface area contributed by atoms with Crippen LogP contribution in [0.25, 0.3) is 0 Å². The van der Waals surface area contributed by atoms with Crippen molar-refractivity contribution in [2.45, 2.75) is 18.1 Å². The summed E-state index contributed by atoms with van der Waals surface area (Å²) in [6.45, 7) is 0.267. The van der Waals surface area contributed by atoms with Gasteiger partial charge in [-0.05, 0) is 31.0 Å². The topological polar surface area (TPSA) is 70.0 Å². The molecule has 0 radical (unpaired) electrons. The van der Waals surface area contributed by atoms with Gasteiger partial charge in [-0.1, -0.05) is 0 Å². The molecule has 6 heteroatoms. The molecule has 1 aromatic carbocycles. The normalized spacial score (nSPS) is 21.4. The first-order valence-corrected chi connectivity index (χ1v) is 7.39. The van der Waals surface area contributed by atoms with Gasteiger partial charge in [0.05, 0.1) is 22.3 Å². The van der Waals surface area contributed by atoms with Gasteiger partial charge in [0, 0.05) is 6.54 Å². The number of rotatable bonds is 3. The van der Waals surface area contributed by atoms with Crippen LogP contribution in [-0.2, 0) is 9.84 Å². The summed E-state index contributed by atoms with van der Waals surface area (Å²) in [5, 5.41) is 11.4. The molecule has 0 bridgehead atoms. The molecule has 1 atom stereocenters. The van der Waals surface area contributed by atoms with E-state index in [9.17, 15) is 12.8 Å². The van der Waals surface area contributed by atoms with Gasteiger partial charge in [0.25, 0.3) is 0 Å². The zero-order valence-electron chi connectivity index (χ0n) is 9.69. The Morgan fingerprint density at radius 1 is 1.50 bits per heavy atom. The molecule has 0 spiro atoms. The number of nitrogens with zero attached hydrogens (tertiary/aromatic N) is 1. The lowest BCUT2D eigenvalue weighted by Gasteiger charge is -2.12. The molecule has 1 unspecified atom stereocenters. The van der Waals surface area contributed by atoms with E-state index in [2.05, 4.69) is 5.32 Å². The molecule has 1 aromatic rings. The van der Waals surface area contributed by atoms with Crippen molar-refractivity contribution >= 4 is 15.5 Å². The van der Waals surface area contributed by atoms with Crippen LogP contribution in [0.3, 0.4) is 0 Å². The molecule has 1 heterocycles. The van der Waals surface area contributed by atoms with Gasteiger partial charge in [0.1, 0.15) is 11.9 Å². The second-order valence-electron chi connectivity index (χ2n) is 4.31. The van der Waals surface area contributed by atoms with E-state index in [1.54, 1.807) is 0 Å². The fraction of sp³-hybridized carbons (Fsp3) is 0.417. The monoisotopic (exact) mass is 268 g/mol. The minimum absolute atomic E-state index is 0.186. The number of benzene rings is 1. The minimum atomic E-state index is -3.00. The van der Waals surface area contributed by atoms with Crippen molar-refractivity contribution in [1.29, 1.82) is 5.26 Å². The molecular formula is C12H13FN2O2S. The number of nitriles is 1. The van der Waals surface area contributed by atoms with Gasteiger partial charge in [0.2, 0.25) is 0 Å². The van der Waals surface area contributed by atoms with E-state index in [1.807, 2.05) is 6.07 Å². The molecule has 1 fully saturated rings. The average molecular weight is 268 g/mol. The number of sulfone groups is 1. The van der Waals surface area contributed by atoms with Gasteiger partial charge in [-0.25, -0.2) is 12.8 Å². The highest BCUT2D eigenvalue weighted by Gasteiger charge is 2.30. The van der Waals surface area contributed by atoms with Gasteiger partial charge in [-0.2, -0.15) is 5.26 Å². The third-order valence-corrected chi connectivity index (χ3v) is 5.36. The van der Waals surface area contributed by atoms with E-state index in [4.69, 9.17) is 5.26 Å². The van der Waals surface area contributed by atoms with E-state index < -0.39 is 20.9 Å². The molecule has 0 amide bonds. The summed E-state index contributed by atoms with van der Waals surface area (Å²) in [5.74, 6) is -0.251. The molecule has 0 aromatic heterocycles. The molecule has 1 N–H and O–H groups in total. The maximum atomic E-state index is 12.9. The van der Waals surface area contributed by atoms with Crippen molar-refractivity contribution < 1.29 is 12.8 Å². The summed E-state index contributed by atoms with van der Waals surface area (Å²) < 4.78 is 36.2. The number of halogens is 1. The van der Waals surface area contributed by atoms with E-state index >= 15 is 0 Å². The van der Waals surface area contributed by atoms with Crippen LogP contribution < -0.4 is 5.32 Å². The summed E-state index contributed by atoms with van der Waals surface area (Å²) in [4.78, 5) is 0. The Morgan fingerprint density at radius 3 is 2.89 bits per heavy atom. The van der Waals surface area contributed by atoms with Crippen molar-refractivity contribution in [3.05, 3.63) is 29.6 Å². The Kier molecular flexibility index (Phi) is 3.53. The Bertz CT molecular complexity index is 593. The quantitative estimate of drug-likeness (QED) is 0.905. The molecule has 1 aliphatic heterocycles. The maximum absolute atomic E-state index is 12.9. The van der Waals surface area contributed by atoms with Crippen LogP contribution in [0.4, 0.5) is 10.1 Å². The summed E-state index contributed by atoms with van der Waals surface area (Å²) in [7, 11) is -3.00. The van der Waals surface area contributed by atoms with Crippen LogP contribution in [0, 0.1) is 17.1 Å². The third-order valence-electron chi connectivity index (χ3n) is 3.09. The van der Waals surface area contributed by atoms with Crippen molar-refractivity contribution in [1.82, 2.24) is 0 Å². The number of hydrogen-bond acceptors (Lipinski definition) is 4. The van der Waals surface area contributed by atoms with Crippen molar-refractivity contribution in [2.75, 3.05) is 17.6 Å². The van der Waals surface area contributed by atoms with Gasteiger partial charge in [-0.15, -0.1) is 0 Å². The first-order valence-electron chi connectivity index (χ1n) is 5.68. The lowest BCUT2D eigenvalue weighted by Crippen LogP contribution is -2.25. The van der Waals surface area contributed by atoms with E-state index in [-0.39, 0.29) is 17.9 Å². The summed E-state index contributed by atoms with van der Waals surface area (Å²) in [5.41, 5.74) is 0.659. The lowest BCUT2D eigenvalue weighted by atomic mass is 10.2. The first kappa shape index (κ1) is 12.8. The van der Waals surface area contributed by atoms with Crippen LogP contribution >= 0.6 is 0 Å². The second kappa shape index (κ2) is 4.94. The summed E-state index contributed by atoms with van der Waals surface area (Å²) in [6, 6.07) is 5.71. The fourth-order valence-electron chi connectivity index (χ4n) is 2.07. The maximum Gasteiger partial charge on any atom is 0.154 e. The molecule has 0 aliphatic carbocycles. The minimum Gasteiger partial charge on any atom is -0.383 e. The molecule has 4 nitrogen and oxygen atoms in total. The Morgan fingerprint density at radius 2 is 2.28 bits per heavy atom. The molecule has 1 saturated heterocycles. The number of nitrogens with one attached hydrogen (secondary N) is 1. The van der Waals surface area contributed by atoms with Crippen LogP contribution in [0.1, 0.15) is 18.4 Å². The molecule has 96 valence electrons. The Labute approximate surface area is 105 Å². The smallest absolute Gasteiger partial charge is 0.154 e. The molecule has 2 rings (SSSR count). The highest BCUT2D eigenvalue weighted by atomic mass is 32.2. The second-order valence-corrected chi connectivity index (χ2v) is 6.71. The standard InChI is InChI=1S/C12H13FN2O2S/c13-10-3-4-12(9(6-10)7-14)15-8-11-2-1-5-18(11,16)17/h3-4,6,11,15H,1-2,5,8H2. The number of anilines is 1. The molecule has 0 saturated carbocycles. The van der Waals surface area contributed by atoms with Crippen molar-refractivity contribution in [2.24, 2.45) is 0 Å². The van der Waals surface area contributed by atoms with E-state index in [1.165, 1.54) is 12.1 Å². The van der Waals surface area contributed by atoms with Crippen LogP contribution in [0.15, 0.2) is 18.2 Å². The summed E-state index contributed by atoms with van der Waals surface area (Å²) in [6.07, 6.45) is 1.32. The van der Waals surface area contributed by atoms with Crippen LogP contribution in [0.2, 0.25) is 0 Å². The third kappa shape index (κ3) is 2.62. The van der Waals surface area contributed by atoms with Crippen molar-refractivity contribution in [3.63, 3.8) is 0 Å². The Hall–Kier alpha value is -1.61. The predicted octanol–water partition coefficient (Wildman–Crippen LogP) is 1.69. The van der Waals surface area contributed by atoms with Gasteiger partial charge >= 0.3 is 0 Å².